The lowest BCUT2D eigenvalue weighted by Gasteiger charge is -2.30. The monoisotopic (exact) mass is 381 g/mol. The Balaban J connectivity index is 1.87. The molecule has 1 aromatic rings. The van der Waals surface area contributed by atoms with E-state index in [1.54, 1.807) is 17.0 Å². The number of anilines is 1. The number of carbonyl (C=O) groups is 2. The van der Waals surface area contributed by atoms with Gasteiger partial charge in [0.25, 0.3) is 0 Å². The number of carbonyl (C=O) groups excluding carboxylic acids is 2. The molecule has 27 heavy (non-hydrogen) atoms. The molecule has 0 radical (unpaired) electrons. The van der Waals surface area contributed by atoms with Gasteiger partial charge < -0.3 is 34.5 Å². The molecule has 0 spiro atoms. The van der Waals surface area contributed by atoms with Crippen molar-refractivity contribution in [3.05, 3.63) is 12.1 Å². The number of amides is 3. The van der Waals surface area contributed by atoms with Gasteiger partial charge in [-0.3, -0.25) is 0 Å². The summed E-state index contributed by atoms with van der Waals surface area (Å²) in [6.45, 7) is 1.80. The summed E-state index contributed by atoms with van der Waals surface area (Å²) >= 11 is 0. The van der Waals surface area contributed by atoms with Crippen molar-refractivity contribution in [3.63, 3.8) is 0 Å². The van der Waals surface area contributed by atoms with E-state index in [1.807, 2.05) is 0 Å². The fourth-order valence-corrected chi connectivity index (χ4v) is 3.01. The molecule has 150 valence electrons. The van der Waals surface area contributed by atoms with Gasteiger partial charge in [0.2, 0.25) is 5.75 Å². The third kappa shape index (κ3) is 5.32. The fourth-order valence-electron chi connectivity index (χ4n) is 3.01. The number of benzene rings is 1. The molecule has 3 amide bonds. The lowest BCUT2D eigenvalue weighted by Crippen LogP contribution is -2.42. The summed E-state index contributed by atoms with van der Waals surface area (Å²) in [5, 5.41) is 5.63. The lowest BCUT2D eigenvalue weighted by molar-refractivity contribution is 0.106. The first kappa shape index (κ1) is 20.5. The predicted octanol–water partition coefficient (Wildman–Crippen LogP) is 2.31. The number of ether oxygens (including phenoxy) is 4. The van der Waals surface area contributed by atoms with Gasteiger partial charge in [-0.2, -0.15) is 0 Å². The minimum absolute atomic E-state index is 0.304. The van der Waals surface area contributed by atoms with Crippen molar-refractivity contribution in [1.29, 1.82) is 0 Å². The highest BCUT2D eigenvalue weighted by molar-refractivity contribution is 5.90. The van der Waals surface area contributed by atoms with E-state index in [2.05, 4.69) is 10.6 Å². The van der Waals surface area contributed by atoms with Gasteiger partial charge in [0, 0.05) is 31.8 Å². The third-order valence-corrected chi connectivity index (χ3v) is 4.52. The van der Waals surface area contributed by atoms with Crippen LogP contribution in [0.4, 0.5) is 15.3 Å². The summed E-state index contributed by atoms with van der Waals surface area (Å²) in [5.74, 6) is 1.70. The molecule has 9 nitrogen and oxygen atoms in total. The number of piperidine rings is 1. The number of urea groups is 1. The molecule has 2 N–H and O–H groups in total. The molecule has 1 aliphatic rings. The highest BCUT2D eigenvalue weighted by Crippen LogP contribution is 2.39. The molecule has 0 aromatic heterocycles. The van der Waals surface area contributed by atoms with Crippen LogP contribution in [-0.2, 0) is 4.74 Å². The number of hydrogen-bond donors (Lipinski definition) is 2. The second kappa shape index (κ2) is 9.75. The Labute approximate surface area is 158 Å². The van der Waals surface area contributed by atoms with Crippen LogP contribution < -0.4 is 24.8 Å². The molecular weight excluding hydrogens is 354 g/mol. The average molecular weight is 381 g/mol. The van der Waals surface area contributed by atoms with Gasteiger partial charge in [-0.05, 0) is 18.8 Å². The normalized spacial score (nSPS) is 14.3. The van der Waals surface area contributed by atoms with Crippen LogP contribution in [0.3, 0.4) is 0 Å². The van der Waals surface area contributed by atoms with Gasteiger partial charge in [0.1, 0.15) is 0 Å². The van der Waals surface area contributed by atoms with Crippen LogP contribution in [0.5, 0.6) is 17.2 Å². The maximum absolute atomic E-state index is 12.2. The summed E-state index contributed by atoms with van der Waals surface area (Å²) < 4.78 is 20.5. The molecule has 1 heterocycles. The van der Waals surface area contributed by atoms with Crippen molar-refractivity contribution < 1.29 is 28.5 Å². The van der Waals surface area contributed by atoms with E-state index < -0.39 is 0 Å². The zero-order valence-electron chi connectivity index (χ0n) is 16.2. The smallest absolute Gasteiger partial charge is 0.409 e. The summed E-state index contributed by atoms with van der Waals surface area (Å²) in [4.78, 5) is 25.4. The van der Waals surface area contributed by atoms with Crippen molar-refractivity contribution in [3.8, 4) is 17.2 Å². The van der Waals surface area contributed by atoms with Crippen molar-refractivity contribution in [1.82, 2.24) is 10.2 Å². The van der Waals surface area contributed by atoms with Crippen LogP contribution in [0.15, 0.2) is 12.1 Å². The van der Waals surface area contributed by atoms with Crippen molar-refractivity contribution in [2.24, 2.45) is 5.92 Å². The zero-order chi connectivity index (χ0) is 19.8. The Morgan fingerprint density at radius 1 is 1.04 bits per heavy atom. The Morgan fingerprint density at radius 2 is 1.63 bits per heavy atom. The number of likely N-dealkylation sites (tertiary alicyclic amines) is 1. The van der Waals surface area contributed by atoms with Crippen molar-refractivity contribution >= 4 is 17.8 Å². The van der Waals surface area contributed by atoms with Gasteiger partial charge >= 0.3 is 12.1 Å². The van der Waals surface area contributed by atoms with Gasteiger partial charge in [-0.25, -0.2) is 9.59 Å². The molecule has 1 aliphatic heterocycles. The van der Waals surface area contributed by atoms with Crippen LogP contribution in [0.25, 0.3) is 0 Å². The standard InChI is InChI=1S/C18H27N3O6/c1-24-14-9-13(10-15(25-2)16(14)26-3)20-17(22)19-11-12-5-7-21(8-6-12)18(23)27-4/h9-10,12H,5-8,11H2,1-4H3,(H2,19,20,22). The van der Waals surface area contributed by atoms with E-state index in [-0.39, 0.29) is 12.1 Å². The largest absolute Gasteiger partial charge is 0.493 e. The molecule has 0 aliphatic carbocycles. The maximum Gasteiger partial charge on any atom is 0.409 e. The van der Waals surface area contributed by atoms with E-state index in [1.165, 1.54) is 28.4 Å². The van der Waals surface area contributed by atoms with Crippen LogP contribution in [-0.4, -0.2) is 65.1 Å². The first-order chi connectivity index (χ1) is 13.0. The number of nitrogens with one attached hydrogen (secondary N) is 2. The molecule has 1 aromatic carbocycles. The maximum atomic E-state index is 12.2. The summed E-state index contributed by atoms with van der Waals surface area (Å²) in [6, 6.07) is 3.01. The molecule has 0 saturated carbocycles. The Morgan fingerprint density at radius 3 is 2.11 bits per heavy atom. The Kier molecular flexibility index (Phi) is 7.39. The lowest BCUT2D eigenvalue weighted by atomic mass is 9.97. The molecule has 9 heteroatoms. The molecule has 1 fully saturated rings. The van der Waals surface area contributed by atoms with Crippen LogP contribution in [0.1, 0.15) is 12.8 Å². The number of hydrogen-bond acceptors (Lipinski definition) is 6. The zero-order valence-corrected chi connectivity index (χ0v) is 16.2. The number of nitrogens with zero attached hydrogens (tertiary/aromatic N) is 1. The van der Waals surface area contributed by atoms with E-state index in [4.69, 9.17) is 18.9 Å². The Hall–Kier alpha value is -2.84. The van der Waals surface area contributed by atoms with Crippen LogP contribution >= 0.6 is 0 Å². The second-order valence-electron chi connectivity index (χ2n) is 6.15. The summed E-state index contributed by atoms with van der Waals surface area (Å²) in [5.41, 5.74) is 0.530. The fraction of sp³-hybridized carbons (Fsp3) is 0.556. The minimum atomic E-state index is -0.320. The first-order valence-electron chi connectivity index (χ1n) is 8.70. The minimum Gasteiger partial charge on any atom is -0.493 e. The topological polar surface area (TPSA) is 98.4 Å². The number of methoxy groups -OCH3 is 4. The highest BCUT2D eigenvalue weighted by Gasteiger charge is 2.23. The molecule has 0 unspecified atom stereocenters. The van der Waals surface area contributed by atoms with E-state index in [0.717, 1.165) is 12.8 Å². The van der Waals surface area contributed by atoms with Gasteiger partial charge in [-0.15, -0.1) is 0 Å². The highest BCUT2D eigenvalue weighted by atomic mass is 16.5. The SMILES string of the molecule is COC(=O)N1CCC(CNC(=O)Nc2cc(OC)c(OC)c(OC)c2)CC1. The summed E-state index contributed by atoms with van der Waals surface area (Å²) in [7, 11) is 5.93. The van der Waals surface area contributed by atoms with E-state index in [0.29, 0.717) is 48.5 Å². The van der Waals surface area contributed by atoms with E-state index >= 15 is 0 Å². The average Bonchev–Trinajstić information content (AvgIpc) is 2.71. The van der Waals surface area contributed by atoms with E-state index in [9.17, 15) is 9.59 Å². The third-order valence-electron chi connectivity index (χ3n) is 4.52. The molecule has 1 saturated heterocycles. The molecule has 2 rings (SSSR count). The van der Waals surface area contributed by atoms with Gasteiger partial charge in [0.05, 0.1) is 34.1 Å². The second-order valence-corrected chi connectivity index (χ2v) is 6.15. The van der Waals surface area contributed by atoms with Gasteiger partial charge in [0.15, 0.2) is 11.5 Å². The molecule has 0 bridgehead atoms. The van der Waals surface area contributed by atoms with Crippen molar-refractivity contribution in [2.45, 2.75) is 12.8 Å². The quantitative estimate of drug-likeness (QED) is 0.785. The number of rotatable bonds is 6. The predicted molar refractivity (Wildman–Crippen MR) is 99.8 cm³/mol. The first-order valence-corrected chi connectivity index (χ1v) is 8.70. The molecular formula is C18H27N3O6. The Bertz CT molecular complexity index is 633. The van der Waals surface area contributed by atoms with Crippen LogP contribution in [0.2, 0.25) is 0 Å². The van der Waals surface area contributed by atoms with Gasteiger partial charge in [-0.1, -0.05) is 0 Å². The van der Waals surface area contributed by atoms with Crippen molar-refractivity contribution in [2.75, 3.05) is 53.4 Å². The molecule has 0 atom stereocenters. The van der Waals surface area contributed by atoms with Crippen LogP contribution in [0, 0.1) is 5.92 Å². The summed E-state index contributed by atoms with van der Waals surface area (Å²) in [6.07, 6.45) is 1.33.